The van der Waals surface area contributed by atoms with Crippen molar-refractivity contribution in [3.63, 3.8) is 0 Å². The van der Waals surface area contributed by atoms with Crippen LogP contribution in [0.4, 0.5) is 0 Å². The minimum atomic E-state index is 0.127. The van der Waals surface area contributed by atoms with Crippen molar-refractivity contribution in [1.82, 2.24) is 9.88 Å². The Morgan fingerprint density at radius 3 is 2.85 bits per heavy atom. The first-order chi connectivity index (χ1) is 9.61. The highest BCUT2D eigenvalue weighted by Crippen LogP contribution is 2.32. The van der Waals surface area contributed by atoms with E-state index in [2.05, 4.69) is 57.3 Å². The third kappa shape index (κ3) is 3.88. The van der Waals surface area contributed by atoms with Crippen molar-refractivity contribution >= 4 is 27.3 Å². The Morgan fingerprint density at radius 1 is 1.50 bits per heavy atom. The second kappa shape index (κ2) is 7.31. The molecular weight excluding hydrogens is 334 g/mol. The lowest BCUT2D eigenvalue weighted by atomic mass is 10.0. The molecule has 3 nitrogen and oxygen atoms in total. The zero-order valence-electron chi connectivity index (χ0n) is 11.8. The van der Waals surface area contributed by atoms with Crippen molar-refractivity contribution in [2.75, 3.05) is 7.05 Å². The molecule has 2 aromatic heterocycles. The number of likely N-dealkylation sites (N-methyl/N-ethyl adjacent to an activating group) is 1. The summed E-state index contributed by atoms with van der Waals surface area (Å²) in [5.74, 6) is 0. The van der Waals surface area contributed by atoms with E-state index in [1.165, 1.54) is 10.4 Å². The highest BCUT2D eigenvalue weighted by molar-refractivity contribution is 9.10. The van der Waals surface area contributed by atoms with Crippen molar-refractivity contribution in [2.45, 2.75) is 32.0 Å². The van der Waals surface area contributed by atoms with E-state index in [0.29, 0.717) is 0 Å². The monoisotopic (exact) mass is 353 g/mol. The zero-order chi connectivity index (χ0) is 14.5. The standard InChI is InChI=1S/C15H20BrN3S/c1-3-13(17)15(14-7-12(16)10-20-14)19(2)9-11-5-4-6-18-8-11/h4-8,10,13,15H,3,9,17H2,1-2H3. The van der Waals surface area contributed by atoms with Crippen molar-refractivity contribution in [2.24, 2.45) is 5.73 Å². The second-order valence-electron chi connectivity index (χ2n) is 4.96. The fourth-order valence-electron chi connectivity index (χ4n) is 2.34. The van der Waals surface area contributed by atoms with Gasteiger partial charge in [-0.25, -0.2) is 0 Å². The average molecular weight is 354 g/mol. The summed E-state index contributed by atoms with van der Waals surface area (Å²) in [7, 11) is 2.13. The largest absolute Gasteiger partial charge is 0.326 e. The highest BCUT2D eigenvalue weighted by atomic mass is 79.9. The average Bonchev–Trinajstić information content (AvgIpc) is 2.86. The second-order valence-corrected chi connectivity index (χ2v) is 6.82. The van der Waals surface area contributed by atoms with Crippen molar-refractivity contribution in [3.8, 4) is 0 Å². The number of nitrogens with zero attached hydrogens (tertiary/aromatic N) is 2. The molecule has 2 atom stereocenters. The highest BCUT2D eigenvalue weighted by Gasteiger charge is 2.24. The lowest BCUT2D eigenvalue weighted by molar-refractivity contribution is 0.205. The lowest BCUT2D eigenvalue weighted by Gasteiger charge is -2.31. The molecule has 2 N–H and O–H groups in total. The van der Waals surface area contributed by atoms with E-state index in [4.69, 9.17) is 5.73 Å². The van der Waals surface area contributed by atoms with Crippen molar-refractivity contribution < 1.29 is 0 Å². The molecule has 2 aromatic rings. The summed E-state index contributed by atoms with van der Waals surface area (Å²) in [6.45, 7) is 2.99. The minimum Gasteiger partial charge on any atom is -0.326 e. The maximum absolute atomic E-state index is 6.35. The Hall–Kier alpha value is -0.750. The Kier molecular flexibility index (Phi) is 5.72. The van der Waals surface area contributed by atoms with Gasteiger partial charge in [0.2, 0.25) is 0 Å². The van der Waals surface area contributed by atoms with Crippen LogP contribution in [0.3, 0.4) is 0 Å². The van der Waals surface area contributed by atoms with E-state index in [9.17, 15) is 0 Å². The number of aromatic nitrogens is 1. The van der Waals surface area contributed by atoms with E-state index in [-0.39, 0.29) is 12.1 Å². The third-order valence-corrected chi connectivity index (χ3v) is 5.15. The molecule has 0 amide bonds. The van der Waals surface area contributed by atoms with Crippen LogP contribution in [0, 0.1) is 0 Å². The molecule has 0 aliphatic rings. The first kappa shape index (κ1) is 15.6. The van der Waals surface area contributed by atoms with E-state index < -0.39 is 0 Å². The van der Waals surface area contributed by atoms with Crippen LogP contribution in [0.2, 0.25) is 0 Å². The van der Waals surface area contributed by atoms with E-state index in [0.717, 1.165) is 17.4 Å². The van der Waals surface area contributed by atoms with E-state index in [1.54, 1.807) is 17.5 Å². The van der Waals surface area contributed by atoms with Gasteiger partial charge in [-0.15, -0.1) is 11.3 Å². The SMILES string of the molecule is CCC(N)C(c1cc(Br)cs1)N(C)Cc1cccnc1. The molecular formula is C15H20BrN3S. The third-order valence-electron chi connectivity index (χ3n) is 3.39. The molecule has 0 saturated carbocycles. The normalized spacial score (nSPS) is 14.4. The van der Waals surface area contributed by atoms with Crippen LogP contribution in [0.15, 0.2) is 40.4 Å². The number of rotatable bonds is 6. The molecule has 0 radical (unpaired) electrons. The smallest absolute Gasteiger partial charge is 0.0594 e. The molecule has 2 rings (SSSR count). The van der Waals surface area contributed by atoms with Crippen LogP contribution in [-0.4, -0.2) is 23.0 Å². The maximum atomic E-state index is 6.35. The summed E-state index contributed by atoms with van der Waals surface area (Å²) in [6, 6.07) is 6.60. The van der Waals surface area contributed by atoms with Gasteiger partial charge in [0.25, 0.3) is 0 Å². The van der Waals surface area contributed by atoms with Gasteiger partial charge in [-0.3, -0.25) is 9.88 Å². The van der Waals surface area contributed by atoms with Gasteiger partial charge in [-0.2, -0.15) is 0 Å². The molecule has 2 unspecified atom stereocenters. The molecule has 5 heteroatoms. The predicted molar refractivity (Wildman–Crippen MR) is 88.7 cm³/mol. The predicted octanol–water partition coefficient (Wildman–Crippen LogP) is 3.82. The van der Waals surface area contributed by atoms with Gasteiger partial charge in [0, 0.05) is 39.7 Å². The Bertz CT molecular complexity index is 529. The summed E-state index contributed by atoms with van der Waals surface area (Å²) in [6.07, 6.45) is 4.67. The lowest BCUT2D eigenvalue weighted by Crippen LogP contribution is -2.38. The molecule has 0 fully saturated rings. The quantitative estimate of drug-likeness (QED) is 0.858. The van der Waals surface area contributed by atoms with Crippen LogP contribution in [-0.2, 0) is 6.54 Å². The van der Waals surface area contributed by atoms with Gasteiger partial charge in [-0.1, -0.05) is 13.0 Å². The number of nitrogens with two attached hydrogens (primary N) is 1. The zero-order valence-corrected chi connectivity index (χ0v) is 14.2. The topological polar surface area (TPSA) is 42.1 Å². The van der Waals surface area contributed by atoms with E-state index >= 15 is 0 Å². The first-order valence-corrected chi connectivity index (χ1v) is 8.37. The minimum absolute atomic E-state index is 0.127. The molecule has 0 saturated heterocycles. The number of hydrogen-bond donors (Lipinski definition) is 1. The number of pyridine rings is 1. The molecule has 2 heterocycles. The first-order valence-electron chi connectivity index (χ1n) is 6.70. The van der Waals surface area contributed by atoms with Gasteiger partial charge >= 0.3 is 0 Å². The van der Waals surface area contributed by atoms with Crippen molar-refractivity contribution in [3.05, 3.63) is 50.9 Å². The Labute approximate surface area is 133 Å². The summed E-state index contributed by atoms with van der Waals surface area (Å²) >= 11 is 5.28. The molecule has 0 aromatic carbocycles. The molecule has 108 valence electrons. The van der Waals surface area contributed by atoms with Crippen LogP contribution >= 0.6 is 27.3 Å². The Balaban J connectivity index is 2.18. The summed E-state index contributed by atoms with van der Waals surface area (Å²) < 4.78 is 1.13. The molecule has 20 heavy (non-hydrogen) atoms. The van der Waals surface area contributed by atoms with Crippen LogP contribution in [0.25, 0.3) is 0 Å². The summed E-state index contributed by atoms with van der Waals surface area (Å²) in [4.78, 5) is 7.79. The van der Waals surface area contributed by atoms with Gasteiger partial charge in [0.15, 0.2) is 0 Å². The van der Waals surface area contributed by atoms with Crippen LogP contribution in [0.5, 0.6) is 0 Å². The van der Waals surface area contributed by atoms with Gasteiger partial charge in [-0.05, 0) is 47.1 Å². The van der Waals surface area contributed by atoms with Gasteiger partial charge in [0.1, 0.15) is 0 Å². The molecule has 0 spiro atoms. The van der Waals surface area contributed by atoms with E-state index in [1.807, 2.05) is 12.3 Å². The molecule has 0 aliphatic heterocycles. The summed E-state index contributed by atoms with van der Waals surface area (Å²) in [5.41, 5.74) is 7.55. The number of halogens is 1. The summed E-state index contributed by atoms with van der Waals surface area (Å²) in [5, 5.41) is 2.11. The van der Waals surface area contributed by atoms with Crippen LogP contribution in [0.1, 0.15) is 29.8 Å². The van der Waals surface area contributed by atoms with Gasteiger partial charge in [0.05, 0.1) is 6.04 Å². The maximum Gasteiger partial charge on any atom is 0.0594 e. The molecule has 0 aliphatic carbocycles. The number of hydrogen-bond acceptors (Lipinski definition) is 4. The fourth-order valence-corrected chi connectivity index (χ4v) is 4.02. The van der Waals surface area contributed by atoms with Gasteiger partial charge < -0.3 is 5.73 Å². The van der Waals surface area contributed by atoms with Crippen molar-refractivity contribution in [1.29, 1.82) is 0 Å². The number of thiophene rings is 1. The Morgan fingerprint density at radius 2 is 2.30 bits per heavy atom. The fraction of sp³-hybridized carbons (Fsp3) is 0.400. The molecule has 0 bridgehead atoms. The van der Waals surface area contributed by atoms with Crippen LogP contribution < -0.4 is 5.73 Å².